The van der Waals surface area contributed by atoms with Crippen LogP contribution in [0.2, 0.25) is 10.0 Å². The number of rotatable bonds is 5. The molecule has 0 fully saturated rings. The molecule has 0 atom stereocenters. The van der Waals surface area contributed by atoms with Crippen LogP contribution >= 0.6 is 23.2 Å². The molecule has 1 heterocycles. The molecular formula is C24H16Cl2N2O2. The van der Waals surface area contributed by atoms with E-state index < -0.39 is 5.91 Å². The Kier molecular flexibility index (Phi) is 5.98. The highest BCUT2D eigenvalue weighted by Gasteiger charge is 2.13. The van der Waals surface area contributed by atoms with Gasteiger partial charge in [0.05, 0.1) is 5.71 Å². The van der Waals surface area contributed by atoms with Crippen molar-refractivity contribution in [1.82, 2.24) is 5.43 Å². The summed E-state index contributed by atoms with van der Waals surface area (Å²) in [6.07, 6.45) is 0. The van der Waals surface area contributed by atoms with E-state index in [-0.39, 0.29) is 5.76 Å². The number of carbonyl (C=O) groups is 1. The zero-order valence-corrected chi connectivity index (χ0v) is 17.2. The maximum Gasteiger partial charge on any atom is 0.307 e. The van der Waals surface area contributed by atoms with E-state index in [9.17, 15) is 4.79 Å². The first-order valence-electron chi connectivity index (χ1n) is 9.15. The minimum Gasteiger partial charge on any atom is -0.451 e. The molecule has 0 aliphatic heterocycles. The number of carbonyl (C=O) groups excluding carboxylic acids is 1. The average Bonchev–Trinajstić information content (AvgIpc) is 3.27. The van der Waals surface area contributed by atoms with Gasteiger partial charge in [-0.1, -0.05) is 77.8 Å². The second-order valence-electron chi connectivity index (χ2n) is 6.45. The normalized spacial score (nSPS) is 10.5. The number of hydrogen-bond donors (Lipinski definition) is 1. The Bertz CT molecular complexity index is 1130. The standard InChI is InChI=1S/C24H16Cl2N2O2/c25-19-10-6-17(7-11-19)23(18-8-12-20(26)13-9-18)27-28-24(29)22-15-14-21(30-22)16-4-2-1-3-5-16/h1-15H,(H,28,29). The van der Waals surface area contributed by atoms with Gasteiger partial charge >= 0.3 is 5.91 Å². The third kappa shape index (κ3) is 4.62. The van der Waals surface area contributed by atoms with Crippen molar-refractivity contribution in [2.75, 3.05) is 0 Å². The maximum absolute atomic E-state index is 12.6. The van der Waals surface area contributed by atoms with Crippen LogP contribution in [-0.4, -0.2) is 11.6 Å². The molecular weight excluding hydrogens is 419 g/mol. The van der Waals surface area contributed by atoms with Gasteiger partial charge in [0.1, 0.15) is 5.76 Å². The third-order valence-electron chi connectivity index (χ3n) is 4.39. The van der Waals surface area contributed by atoms with Crippen LogP contribution in [-0.2, 0) is 0 Å². The molecule has 0 unspecified atom stereocenters. The molecule has 148 valence electrons. The Morgan fingerprint density at radius 2 is 1.30 bits per heavy atom. The van der Waals surface area contributed by atoms with Crippen molar-refractivity contribution in [3.8, 4) is 11.3 Å². The molecule has 0 bridgehead atoms. The van der Waals surface area contributed by atoms with Crippen molar-refractivity contribution >= 4 is 34.8 Å². The van der Waals surface area contributed by atoms with Crippen molar-refractivity contribution in [2.24, 2.45) is 5.10 Å². The van der Waals surface area contributed by atoms with Gasteiger partial charge in [-0.2, -0.15) is 5.10 Å². The fourth-order valence-corrected chi connectivity index (χ4v) is 3.14. The lowest BCUT2D eigenvalue weighted by Crippen LogP contribution is -2.20. The highest BCUT2D eigenvalue weighted by atomic mass is 35.5. The summed E-state index contributed by atoms with van der Waals surface area (Å²) < 4.78 is 5.69. The summed E-state index contributed by atoms with van der Waals surface area (Å²) in [5.41, 5.74) is 5.64. The number of hydrazone groups is 1. The largest absolute Gasteiger partial charge is 0.451 e. The molecule has 30 heavy (non-hydrogen) atoms. The van der Waals surface area contributed by atoms with Crippen molar-refractivity contribution in [3.05, 3.63) is 118 Å². The fourth-order valence-electron chi connectivity index (χ4n) is 2.89. The molecule has 0 aliphatic carbocycles. The number of hydrogen-bond acceptors (Lipinski definition) is 3. The third-order valence-corrected chi connectivity index (χ3v) is 4.90. The lowest BCUT2D eigenvalue weighted by Gasteiger charge is -2.08. The van der Waals surface area contributed by atoms with Crippen LogP contribution in [0.25, 0.3) is 11.3 Å². The van der Waals surface area contributed by atoms with E-state index in [1.54, 1.807) is 36.4 Å². The van der Waals surface area contributed by atoms with Gasteiger partial charge in [0.15, 0.2) is 5.76 Å². The van der Waals surface area contributed by atoms with E-state index in [0.29, 0.717) is 21.5 Å². The first-order valence-corrected chi connectivity index (χ1v) is 9.91. The minimum atomic E-state index is -0.447. The molecule has 4 rings (SSSR count). The van der Waals surface area contributed by atoms with E-state index >= 15 is 0 Å². The molecule has 4 nitrogen and oxygen atoms in total. The van der Waals surface area contributed by atoms with Gasteiger partial charge in [0.2, 0.25) is 0 Å². The zero-order chi connectivity index (χ0) is 20.9. The predicted octanol–water partition coefficient (Wildman–Crippen LogP) is 6.44. The maximum atomic E-state index is 12.6. The Hall–Kier alpha value is -3.34. The molecule has 6 heteroatoms. The number of nitrogens with one attached hydrogen (secondary N) is 1. The van der Waals surface area contributed by atoms with Gasteiger partial charge in [-0.05, 0) is 36.4 Å². The quantitative estimate of drug-likeness (QED) is 0.290. The Morgan fingerprint density at radius 1 is 0.733 bits per heavy atom. The molecule has 0 saturated heterocycles. The predicted molar refractivity (Wildman–Crippen MR) is 120 cm³/mol. The second-order valence-corrected chi connectivity index (χ2v) is 7.32. The van der Waals surface area contributed by atoms with Crippen LogP contribution in [0, 0.1) is 0 Å². The SMILES string of the molecule is O=C(NN=C(c1ccc(Cl)cc1)c1ccc(Cl)cc1)c1ccc(-c2ccccc2)o1. The number of furan rings is 1. The molecule has 4 aromatic rings. The van der Waals surface area contributed by atoms with Crippen molar-refractivity contribution in [2.45, 2.75) is 0 Å². The number of amides is 1. The highest BCUT2D eigenvalue weighted by molar-refractivity contribution is 6.31. The topological polar surface area (TPSA) is 54.6 Å². The summed E-state index contributed by atoms with van der Waals surface area (Å²) in [5, 5.41) is 5.58. The molecule has 1 N–H and O–H groups in total. The summed E-state index contributed by atoms with van der Waals surface area (Å²) in [4.78, 5) is 12.6. The molecule has 1 amide bonds. The van der Waals surface area contributed by atoms with Crippen LogP contribution in [0.1, 0.15) is 21.7 Å². The van der Waals surface area contributed by atoms with Crippen LogP contribution in [0.3, 0.4) is 0 Å². The van der Waals surface area contributed by atoms with Gasteiger partial charge in [-0.25, -0.2) is 5.43 Å². The Labute approximate surface area is 183 Å². The summed E-state index contributed by atoms with van der Waals surface area (Å²) in [6, 6.07) is 27.4. The highest BCUT2D eigenvalue weighted by Crippen LogP contribution is 2.22. The molecule has 3 aromatic carbocycles. The van der Waals surface area contributed by atoms with E-state index in [0.717, 1.165) is 16.7 Å². The van der Waals surface area contributed by atoms with E-state index in [1.807, 2.05) is 54.6 Å². The summed E-state index contributed by atoms with van der Waals surface area (Å²) in [6.45, 7) is 0. The number of benzene rings is 3. The Balaban J connectivity index is 1.61. The van der Waals surface area contributed by atoms with Gasteiger partial charge in [-0.15, -0.1) is 0 Å². The van der Waals surface area contributed by atoms with Gasteiger partial charge < -0.3 is 4.42 Å². The molecule has 0 spiro atoms. The second kappa shape index (κ2) is 8.99. The van der Waals surface area contributed by atoms with Crippen LogP contribution in [0.4, 0.5) is 0 Å². The monoisotopic (exact) mass is 434 g/mol. The minimum absolute atomic E-state index is 0.171. The molecule has 1 aromatic heterocycles. The fraction of sp³-hybridized carbons (Fsp3) is 0. The zero-order valence-electron chi connectivity index (χ0n) is 15.7. The lowest BCUT2D eigenvalue weighted by molar-refractivity contribution is 0.0928. The van der Waals surface area contributed by atoms with Crippen LogP contribution < -0.4 is 5.43 Å². The van der Waals surface area contributed by atoms with Crippen molar-refractivity contribution in [1.29, 1.82) is 0 Å². The first-order chi connectivity index (χ1) is 14.6. The van der Waals surface area contributed by atoms with Crippen LogP contribution in [0.5, 0.6) is 0 Å². The van der Waals surface area contributed by atoms with Gasteiger partial charge in [0.25, 0.3) is 0 Å². The summed E-state index contributed by atoms with van der Waals surface area (Å²) in [7, 11) is 0. The van der Waals surface area contributed by atoms with Crippen molar-refractivity contribution < 1.29 is 9.21 Å². The summed E-state index contributed by atoms with van der Waals surface area (Å²) >= 11 is 12.0. The summed E-state index contributed by atoms with van der Waals surface area (Å²) in [5.74, 6) is 0.335. The van der Waals surface area contributed by atoms with Crippen molar-refractivity contribution in [3.63, 3.8) is 0 Å². The smallest absolute Gasteiger partial charge is 0.307 e. The molecule has 0 saturated carbocycles. The lowest BCUT2D eigenvalue weighted by atomic mass is 10.0. The van der Waals surface area contributed by atoms with E-state index in [2.05, 4.69) is 10.5 Å². The number of halogens is 2. The molecule has 0 radical (unpaired) electrons. The molecule has 0 aliphatic rings. The van der Waals surface area contributed by atoms with Gasteiger partial charge in [0, 0.05) is 26.7 Å². The van der Waals surface area contributed by atoms with E-state index in [4.69, 9.17) is 27.6 Å². The Morgan fingerprint density at radius 3 is 1.87 bits per heavy atom. The average molecular weight is 435 g/mol. The van der Waals surface area contributed by atoms with Crippen LogP contribution in [0.15, 0.2) is 101 Å². The number of nitrogens with zero attached hydrogens (tertiary/aromatic N) is 1. The van der Waals surface area contributed by atoms with E-state index in [1.165, 1.54) is 0 Å². The van der Waals surface area contributed by atoms with Gasteiger partial charge in [-0.3, -0.25) is 4.79 Å². The first kappa shape index (κ1) is 20.0.